The van der Waals surface area contributed by atoms with Crippen LogP contribution in [0.5, 0.6) is 0 Å². The average molecular weight is 522 g/mol. The molecular weight excluding hydrogens is 494 g/mol. The number of nitriles is 1. The summed E-state index contributed by atoms with van der Waals surface area (Å²) in [5.41, 5.74) is 3.96. The van der Waals surface area contributed by atoms with E-state index in [2.05, 4.69) is 44.3 Å². The van der Waals surface area contributed by atoms with Crippen LogP contribution in [0.3, 0.4) is 0 Å². The molecule has 1 aromatic carbocycles. The summed E-state index contributed by atoms with van der Waals surface area (Å²) in [6.45, 7) is 3.14. The summed E-state index contributed by atoms with van der Waals surface area (Å²) in [4.78, 5) is 27.2. The van der Waals surface area contributed by atoms with E-state index >= 15 is 0 Å². The Morgan fingerprint density at radius 3 is 2.79 bits per heavy atom. The van der Waals surface area contributed by atoms with E-state index in [1.165, 1.54) is 0 Å². The molecular formula is C28H27N9O2. The summed E-state index contributed by atoms with van der Waals surface area (Å²) in [5.74, 6) is 0.524. The monoisotopic (exact) mass is 521 g/mol. The Balaban J connectivity index is 1.26. The Morgan fingerprint density at radius 1 is 1.13 bits per heavy atom. The molecule has 0 atom stereocenters. The van der Waals surface area contributed by atoms with Gasteiger partial charge in [0.15, 0.2) is 0 Å². The van der Waals surface area contributed by atoms with Crippen molar-refractivity contribution in [1.29, 1.82) is 5.26 Å². The lowest BCUT2D eigenvalue weighted by molar-refractivity contribution is 0.0682. The van der Waals surface area contributed by atoms with Gasteiger partial charge < -0.3 is 9.64 Å². The SMILES string of the molecule is CCOC(=O)N1CCC(CC#N)(n2cc(-c3cnc4ncc(Cc5ccc6ncccc6c5)n4n3)cn2)CC1. The lowest BCUT2D eigenvalue weighted by Gasteiger charge is -2.40. The minimum absolute atomic E-state index is 0.294. The van der Waals surface area contributed by atoms with Gasteiger partial charge in [0.1, 0.15) is 5.69 Å². The van der Waals surface area contributed by atoms with Crippen LogP contribution in [0, 0.1) is 11.3 Å². The van der Waals surface area contributed by atoms with Crippen LogP contribution < -0.4 is 0 Å². The molecule has 0 unspecified atom stereocenters. The fourth-order valence-electron chi connectivity index (χ4n) is 5.19. The van der Waals surface area contributed by atoms with Gasteiger partial charge in [0.25, 0.3) is 5.78 Å². The number of amides is 1. The molecule has 1 saturated heterocycles. The molecule has 1 aliphatic rings. The van der Waals surface area contributed by atoms with Gasteiger partial charge in [0.2, 0.25) is 0 Å². The summed E-state index contributed by atoms with van der Waals surface area (Å²) < 4.78 is 8.77. The predicted molar refractivity (Wildman–Crippen MR) is 143 cm³/mol. The normalized spacial score (nSPS) is 14.9. The van der Waals surface area contributed by atoms with Crippen molar-refractivity contribution in [1.82, 2.24) is 39.2 Å². The van der Waals surface area contributed by atoms with Gasteiger partial charge in [0.05, 0.1) is 54.4 Å². The summed E-state index contributed by atoms with van der Waals surface area (Å²) in [5, 5.41) is 20.2. The highest BCUT2D eigenvalue weighted by Gasteiger charge is 2.38. The third-order valence-corrected chi connectivity index (χ3v) is 7.35. The summed E-state index contributed by atoms with van der Waals surface area (Å²) in [7, 11) is 0. The molecule has 11 heteroatoms. The van der Waals surface area contributed by atoms with Crippen molar-refractivity contribution >= 4 is 22.8 Å². The molecule has 6 rings (SSSR count). The molecule has 11 nitrogen and oxygen atoms in total. The number of pyridine rings is 1. The van der Waals surface area contributed by atoms with Crippen LogP contribution in [0.15, 0.2) is 61.3 Å². The fourth-order valence-corrected chi connectivity index (χ4v) is 5.19. The van der Waals surface area contributed by atoms with Crippen LogP contribution in [0.2, 0.25) is 0 Å². The molecule has 0 N–H and O–H groups in total. The van der Waals surface area contributed by atoms with Gasteiger partial charge >= 0.3 is 6.09 Å². The molecule has 1 amide bonds. The average Bonchev–Trinajstić information content (AvgIpc) is 3.62. The van der Waals surface area contributed by atoms with Crippen LogP contribution in [-0.2, 0) is 16.7 Å². The molecule has 0 spiro atoms. The summed E-state index contributed by atoms with van der Waals surface area (Å²) in [6, 6.07) is 12.5. The first-order valence-corrected chi connectivity index (χ1v) is 13.0. The molecule has 0 radical (unpaired) electrons. The van der Waals surface area contributed by atoms with Crippen molar-refractivity contribution in [3.63, 3.8) is 0 Å². The van der Waals surface area contributed by atoms with Crippen molar-refractivity contribution in [3.05, 3.63) is 72.6 Å². The number of hydrogen-bond acceptors (Lipinski definition) is 8. The Bertz CT molecular complexity index is 1690. The number of likely N-dealkylation sites (tertiary alicyclic amines) is 1. The lowest BCUT2D eigenvalue weighted by Crippen LogP contribution is -2.48. The van der Waals surface area contributed by atoms with E-state index < -0.39 is 5.54 Å². The van der Waals surface area contributed by atoms with Gasteiger partial charge in [-0.25, -0.2) is 19.3 Å². The summed E-state index contributed by atoms with van der Waals surface area (Å²) >= 11 is 0. The molecule has 0 aliphatic carbocycles. The number of hydrogen-bond donors (Lipinski definition) is 0. The van der Waals surface area contributed by atoms with Gasteiger partial charge in [-0.05, 0) is 43.5 Å². The number of aromatic nitrogens is 7. The second kappa shape index (κ2) is 10.1. The molecule has 5 heterocycles. The van der Waals surface area contributed by atoms with Gasteiger partial charge in [0, 0.05) is 42.9 Å². The first kappa shape index (κ1) is 24.5. The van der Waals surface area contributed by atoms with Crippen molar-refractivity contribution in [2.75, 3.05) is 19.7 Å². The second-order valence-electron chi connectivity index (χ2n) is 9.73. The Hall–Kier alpha value is -4.85. The topological polar surface area (TPSA) is 127 Å². The van der Waals surface area contributed by atoms with Crippen LogP contribution in [0.4, 0.5) is 4.79 Å². The largest absolute Gasteiger partial charge is 0.450 e. The molecule has 1 aliphatic heterocycles. The quantitative estimate of drug-likeness (QED) is 0.328. The van der Waals surface area contributed by atoms with Crippen molar-refractivity contribution in [2.45, 2.75) is 38.1 Å². The minimum Gasteiger partial charge on any atom is -0.450 e. The number of imidazole rings is 1. The maximum Gasteiger partial charge on any atom is 0.409 e. The third-order valence-electron chi connectivity index (χ3n) is 7.35. The highest BCUT2D eigenvalue weighted by atomic mass is 16.6. The molecule has 39 heavy (non-hydrogen) atoms. The zero-order chi connectivity index (χ0) is 26.8. The number of benzene rings is 1. The minimum atomic E-state index is -0.501. The van der Waals surface area contributed by atoms with Gasteiger partial charge in [-0.2, -0.15) is 15.5 Å². The molecule has 0 bridgehead atoms. The Kier molecular flexibility index (Phi) is 6.36. The van der Waals surface area contributed by atoms with E-state index in [1.54, 1.807) is 41.1 Å². The Labute approximate surface area is 224 Å². The molecule has 4 aromatic heterocycles. The maximum absolute atomic E-state index is 12.2. The second-order valence-corrected chi connectivity index (χ2v) is 9.73. The highest BCUT2D eigenvalue weighted by Crippen LogP contribution is 2.34. The first-order valence-electron chi connectivity index (χ1n) is 13.0. The summed E-state index contributed by atoms with van der Waals surface area (Å²) in [6.07, 6.45) is 10.8. The van der Waals surface area contributed by atoms with Crippen molar-refractivity contribution in [3.8, 4) is 17.3 Å². The zero-order valence-corrected chi connectivity index (χ0v) is 21.6. The van der Waals surface area contributed by atoms with Crippen LogP contribution in [-0.4, -0.2) is 65.0 Å². The predicted octanol–water partition coefficient (Wildman–Crippen LogP) is 3.99. The van der Waals surface area contributed by atoms with Gasteiger partial charge in [-0.15, -0.1) is 0 Å². The van der Waals surface area contributed by atoms with E-state index in [1.807, 2.05) is 23.0 Å². The van der Waals surface area contributed by atoms with E-state index in [9.17, 15) is 10.1 Å². The van der Waals surface area contributed by atoms with Gasteiger partial charge in [-0.3, -0.25) is 9.67 Å². The number of carbonyl (C=O) groups is 1. The zero-order valence-electron chi connectivity index (χ0n) is 21.6. The molecule has 1 fully saturated rings. The van der Waals surface area contributed by atoms with E-state index in [0.29, 0.717) is 56.9 Å². The molecule has 196 valence electrons. The van der Waals surface area contributed by atoms with Crippen molar-refractivity contribution < 1.29 is 9.53 Å². The molecule has 0 saturated carbocycles. The number of piperidine rings is 1. The number of nitrogens with zero attached hydrogens (tertiary/aromatic N) is 9. The lowest BCUT2D eigenvalue weighted by atomic mass is 9.85. The maximum atomic E-state index is 12.2. The highest BCUT2D eigenvalue weighted by molar-refractivity contribution is 5.79. The smallest absolute Gasteiger partial charge is 0.409 e. The fraction of sp³-hybridized carbons (Fsp3) is 0.321. The van der Waals surface area contributed by atoms with E-state index in [4.69, 9.17) is 9.84 Å². The third kappa shape index (κ3) is 4.65. The standard InChI is InChI=1S/C28H27N9O2/c1-2-39-27(38)35-12-8-28(7-10-29,9-13-35)36-19-22(16-33-36)25-18-32-26-31-17-23(37(26)34-25)15-20-5-6-24-21(14-20)4-3-11-30-24/h3-6,11,14,16-19H,2,7-9,12-13,15H2,1H3. The van der Waals surface area contributed by atoms with E-state index in [-0.39, 0.29) is 6.09 Å². The molecule has 5 aromatic rings. The number of ether oxygens (including phenoxy) is 1. The number of rotatable bonds is 6. The van der Waals surface area contributed by atoms with Gasteiger partial charge in [-0.1, -0.05) is 12.1 Å². The Morgan fingerprint density at radius 2 is 1.97 bits per heavy atom. The van der Waals surface area contributed by atoms with E-state index in [0.717, 1.165) is 27.7 Å². The first-order chi connectivity index (χ1) is 19.1. The van der Waals surface area contributed by atoms with Crippen LogP contribution in [0.25, 0.3) is 27.9 Å². The van der Waals surface area contributed by atoms with Crippen molar-refractivity contribution in [2.24, 2.45) is 0 Å². The number of carbonyl (C=O) groups excluding carboxylic acids is 1. The number of fused-ring (bicyclic) bond motifs is 2. The van der Waals surface area contributed by atoms with Crippen LogP contribution in [0.1, 0.15) is 37.4 Å². The van der Waals surface area contributed by atoms with Crippen LogP contribution >= 0.6 is 0 Å².